The Labute approximate surface area is 105 Å². The van der Waals surface area contributed by atoms with Crippen LogP contribution in [0.25, 0.3) is 0 Å². The van der Waals surface area contributed by atoms with Crippen LogP contribution in [0.4, 0.5) is 0 Å². The molecule has 1 N–H and O–H groups in total. The van der Waals surface area contributed by atoms with Crippen LogP contribution >= 0.6 is 11.3 Å². The standard InChI is InChI=1S/C12H15N3OS/c1-16-12-3-2-10(7-14-12)6-13-5-4-11-8-17-9-15-11/h2-3,7-9,13H,4-6H2,1H3. The highest BCUT2D eigenvalue weighted by atomic mass is 32.1. The minimum absolute atomic E-state index is 0.649. The summed E-state index contributed by atoms with van der Waals surface area (Å²) in [5.74, 6) is 0.649. The van der Waals surface area contributed by atoms with Crippen molar-refractivity contribution in [3.63, 3.8) is 0 Å². The Hall–Kier alpha value is -1.46. The smallest absolute Gasteiger partial charge is 0.212 e. The van der Waals surface area contributed by atoms with E-state index in [1.165, 1.54) is 0 Å². The fourth-order valence-corrected chi connectivity index (χ4v) is 2.04. The number of aromatic nitrogens is 2. The summed E-state index contributed by atoms with van der Waals surface area (Å²) < 4.78 is 5.01. The first-order valence-corrected chi connectivity index (χ1v) is 6.39. The topological polar surface area (TPSA) is 47.0 Å². The Kier molecular flexibility index (Phi) is 4.46. The molecule has 0 amide bonds. The van der Waals surface area contributed by atoms with Gasteiger partial charge in [-0.1, -0.05) is 6.07 Å². The zero-order chi connectivity index (χ0) is 11.9. The van der Waals surface area contributed by atoms with E-state index in [0.29, 0.717) is 5.88 Å². The van der Waals surface area contributed by atoms with Crippen molar-refractivity contribution < 1.29 is 4.74 Å². The number of methoxy groups -OCH3 is 1. The van der Waals surface area contributed by atoms with Gasteiger partial charge in [0.15, 0.2) is 0 Å². The van der Waals surface area contributed by atoms with Gasteiger partial charge in [0.25, 0.3) is 0 Å². The van der Waals surface area contributed by atoms with Crippen molar-refractivity contribution >= 4 is 11.3 Å². The average molecular weight is 249 g/mol. The van der Waals surface area contributed by atoms with Crippen molar-refractivity contribution in [1.29, 1.82) is 0 Å². The largest absolute Gasteiger partial charge is 0.481 e. The van der Waals surface area contributed by atoms with Gasteiger partial charge in [0, 0.05) is 37.2 Å². The third kappa shape index (κ3) is 3.80. The first kappa shape index (κ1) is 12.0. The van der Waals surface area contributed by atoms with Gasteiger partial charge in [-0.25, -0.2) is 9.97 Å². The van der Waals surface area contributed by atoms with Crippen LogP contribution in [0.3, 0.4) is 0 Å². The molecule has 2 rings (SSSR count). The predicted octanol–water partition coefficient (Wildman–Crippen LogP) is 1.88. The predicted molar refractivity (Wildman–Crippen MR) is 68.3 cm³/mol. The molecule has 0 bridgehead atoms. The quantitative estimate of drug-likeness (QED) is 0.794. The highest BCUT2D eigenvalue weighted by Gasteiger charge is 1.97. The summed E-state index contributed by atoms with van der Waals surface area (Å²) in [6.07, 6.45) is 2.79. The number of hydrogen-bond acceptors (Lipinski definition) is 5. The second-order valence-corrected chi connectivity index (χ2v) is 4.33. The monoisotopic (exact) mass is 249 g/mol. The van der Waals surface area contributed by atoms with Crippen molar-refractivity contribution in [1.82, 2.24) is 15.3 Å². The van der Waals surface area contributed by atoms with Gasteiger partial charge in [0.05, 0.1) is 18.3 Å². The Morgan fingerprint density at radius 1 is 1.35 bits per heavy atom. The van der Waals surface area contributed by atoms with Crippen molar-refractivity contribution in [2.75, 3.05) is 13.7 Å². The molecule has 0 atom stereocenters. The Balaban J connectivity index is 1.70. The molecule has 0 saturated heterocycles. The van der Waals surface area contributed by atoms with Crippen LogP contribution < -0.4 is 10.1 Å². The van der Waals surface area contributed by atoms with E-state index in [2.05, 4.69) is 20.7 Å². The number of rotatable bonds is 6. The van der Waals surface area contributed by atoms with Gasteiger partial charge >= 0.3 is 0 Å². The fourth-order valence-electron chi connectivity index (χ4n) is 1.45. The van der Waals surface area contributed by atoms with E-state index < -0.39 is 0 Å². The molecule has 4 nitrogen and oxygen atoms in total. The number of nitrogens with one attached hydrogen (secondary N) is 1. The molecular formula is C12H15N3OS. The van der Waals surface area contributed by atoms with Crippen LogP contribution in [-0.2, 0) is 13.0 Å². The van der Waals surface area contributed by atoms with Gasteiger partial charge in [0.2, 0.25) is 5.88 Å². The normalized spacial score (nSPS) is 10.4. The summed E-state index contributed by atoms with van der Waals surface area (Å²) >= 11 is 1.64. The molecule has 0 aromatic carbocycles. The maximum Gasteiger partial charge on any atom is 0.212 e. The molecular weight excluding hydrogens is 234 g/mol. The molecule has 0 aliphatic heterocycles. The molecule has 0 saturated carbocycles. The molecule has 0 fully saturated rings. The average Bonchev–Trinajstić information content (AvgIpc) is 2.88. The Morgan fingerprint density at radius 2 is 2.29 bits per heavy atom. The van der Waals surface area contributed by atoms with E-state index in [1.807, 2.05) is 23.8 Å². The third-order valence-electron chi connectivity index (χ3n) is 2.38. The third-order valence-corrected chi connectivity index (χ3v) is 3.01. The molecule has 2 aromatic rings. The minimum atomic E-state index is 0.649. The minimum Gasteiger partial charge on any atom is -0.481 e. The number of nitrogens with zero attached hydrogens (tertiary/aromatic N) is 2. The molecule has 17 heavy (non-hydrogen) atoms. The first-order valence-electron chi connectivity index (χ1n) is 5.45. The molecule has 0 radical (unpaired) electrons. The summed E-state index contributed by atoms with van der Waals surface area (Å²) in [5.41, 5.74) is 4.17. The highest BCUT2D eigenvalue weighted by molar-refractivity contribution is 7.07. The first-order chi connectivity index (χ1) is 8.38. The van der Waals surface area contributed by atoms with Crippen LogP contribution in [0.15, 0.2) is 29.2 Å². The molecule has 5 heteroatoms. The lowest BCUT2D eigenvalue weighted by Gasteiger charge is -2.04. The van der Waals surface area contributed by atoms with Crippen molar-refractivity contribution in [2.45, 2.75) is 13.0 Å². The van der Waals surface area contributed by atoms with E-state index in [0.717, 1.165) is 30.8 Å². The number of pyridine rings is 1. The van der Waals surface area contributed by atoms with E-state index in [1.54, 1.807) is 18.4 Å². The van der Waals surface area contributed by atoms with E-state index in [-0.39, 0.29) is 0 Å². The highest BCUT2D eigenvalue weighted by Crippen LogP contribution is 2.06. The lowest BCUT2D eigenvalue weighted by atomic mass is 10.2. The molecule has 0 spiro atoms. The van der Waals surface area contributed by atoms with Gasteiger partial charge in [-0.15, -0.1) is 11.3 Å². The molecule has 0 aliphatic rings. The Bertz CT molecular complexity index is 428. The summed E-state index contributed by atoms with van der Waals surface area (Å²) in [4.78, 5) is 8.39. The zero-order valence-electron chi connectivity index (χ0n) is 9.72. The Morgan fingerprint density at radius 3 is 2.94 bits per heavy atom. The van der Waals surface area contributed by atoms with Gasteiger partial charge in [0.1, 0.15) is 0 Å². The van der Waals surface area contributed by atoms with Gasteiger partial charge in [-0.05, 0) is 5.56 Å². The van der Waals surface area contributed by atoms with Crippen LogP contribution in [0.5, 0.6) is 5.88 Å². The summed E-state index contributed by atoms with van der Waals surface area (Å²) in [6, 6.07) is 3.89. The number of hydrogen-bond donors (Lipinski definition) is 1. The van der Waals surface area contributed by atoms with Crippen molar-refractivity contribution in [3.05, 3.63) is 40.5 Å². The number of ether oxygens (including phenoxy) is 1. The number of thiazole rings is 1. The van der Waals surface area contributed by atoms with Crippen LogP contribution in [0.1, 0.15) is 11.3 Å². The van der Waals surface area contributed by atoms with Gasteiger partial charge in [-0.2, -0.15) is 0 Å². The van der Waals surface area contributed by atoms with Crippen LogP contribution in [-0.4, -0.2) is 23.6 Å². The van der Waals surface area contributed by atoms with Crippen molar-refractivity contribution in [2.24, 2.45) is 0 Å². The summed E-state index contributed by atoms with van der Waals surface area (Å²) in [7, 11) is 1.62. The second kappa shape index (κ2) is 6.32. The van der Waals surface area contributed by atoms with Crippen LogP contribution in [0, 0.1) is 0 Å². The van der Waals surface area contributed by atoms with E-state index in [9.17, 15) is 0 Å². The lowest BCUT2D eigenvalue weighted by molar-refractivity contribution is 0.397. The van der Waals surface area contributed by atoms with E-state index >= 15 is 0 Å². The maximum atomic E-state index is 5.01. The fraction of sp³-hybridized carbons (Fsp3) is 0.333. The maximum absolute atomic E-state index is 5.01. The summed E-state index contributed by atoms with van der Waals surface area (Å²) in [6.45, 7) is 1.75. The van der Waals surface area contributed by atoms with Gasteiger partial charge in [-0.3, -0.25) is 0 Å². The molecule has 0 aliphatic carbocycles. The lowest BCUT2D eigenvalue weighted by Crippen LogP contribution is -2.16. The SMILES string of the molecule is COc1ccc(CNCCc2cscn2)cn1. The van der Waals surface area contributed by atoms with Crippen molar-refractivity contribution in [3.8, 4) is 5.88 Å². The molecule has 2 aromatic heterocycles. The van der Waals surface area contributed by atoms with Crippen LogP contribution in [0.2, 0.25) is 0 Å². The second-order valence-electron chi connectivity index (χ2n) is 3.62. The zero-order valence-corrected chi connectivity index (χ0v) is 10.5. The van der Waals surface area contributed by atoms with E-state index in [4.69, 9.17) is 4.74 Å². The molecule has 2 heterocycles. The molecule has 0 unspecified atom stereocenters. The molecule has 90 valence electrons. The van der Waals surface area contributed by atoms with Gasteiger partial charge < -0.3 is 10.1 Å². The summed E-state index contributed by atoms with van der Waals surface area (Å²) in [5, 5.41) is 5.44.